The number of thiazole rings is 1. The van der Waals surface area contributed by atoms with E-state index in [4.69, 9.17) is 0 Å². The van der Waals surface area contributed by atoms with Gasteiger partial charge in [0, 0.05) is 6.54 Å². The second-order valence-electron chi connectivity index (χ2n) is 8.14. The molecule has 35 heavy (non-hydrogen) atoms. The van der Waals surface area contributed by atoms with E-state index in [1.807, 2.05) is 31.2 Å². The Morgan fingerprint density at radius 1 is 1.20 bits per heavy atom. The molecular weight excluding hydrogens is 479 g/mol. The van der Waals surface area contributed by atoms with Crippen LogP contribution in [0.2, 0.25) is 0 Å². The monoisotopic (exact) mass is 499 g/mol. The number of carbonyl (C=O) groups is 1. The van der Waals surface area contributed by atoms with Crippen LogP contribution in [0.25, 0.3) is 21.8 Å². The van der Waals surface area contributed by atoms with Crippen LogP contribution in [0.4, 0.5) is 13.2 Å². The Morgan fingerprint density at radius 2 is 2.03 bits per heavy atom. The molecule has 2 aromatic carbocycles. The highest BCUT2D eigenvalue weighted by Gasteiger charge is 2.36. The zero-order valence-electron chi connectivity index (χ0n) is 18.5. The number of nitrogens with one attached hydrogen (secondary N) is 1. The van der Waals surface area contributed by atoms with E-state index in [-0.39, 0.29) is 17.3 Å². The molecule has 1 atom stereocenters. The van der Waals surface area contributed by atoms with Crippen molar-refractivity contribution >= 4 is 17.2 Å². The highest BCUT2D eigenvalue weighted by molar-refractivity contribution is 7.13. The molecule has 0 radical (unpaired) electrons. The topological polar surface area (TPSA) is 84.0 Å². The summed E-state index contributed by atoms with van der Waals surface area (Å²) < 4.78 is 42.6. The molecule has 0 bridgehead atoms. The summed E-state index contributed by atoms with van der Waals surface area (Å²) in [5.74, 6) is -0.146. The van der Waals surface area contributed by atoms with Crippen molar-refractivity contribution in [2.24, 2.45) is 0 Å². The van der Waals surface area contributed by atoms with Crippen molar-refractivity contribution in [2.45, 2.75) is 32.2 Å². The molecule has 1 aliphatic rings. The number of hydrogen-bond acceptors (Lipinski definition) is 6. The lowest BCUT2D eigenvalue weighted by atomic mass is 10.1. The van der Waals surface area contributed by atoms with Crippen LogP contribution in [0.5, 0.6) is 5.75 Å². The number of halogens is 3. The summed E-state index contributed by atoms with van der Waals surface area (Å²) in [6, 6.07) is 13.2. The summed E-state index contributed by atoms with van der Waals surface area (Å²) >= 11 is 1.40. The Balaban J connectivity index is 1.42. The molecule has 11 heteroatoms. The number of aryl methyl sites for hydroxylation is 1. The van der Waals surface area contributed by atoms with Gasteiger partial charge in [-0.3, -0.25) is 9.89 Å². The molecule has 5 rings (SSSR count). The van der Waals surface area contributed by atoms with Crippen LogP contribution in [0.3, 0.4) is 0 Å². The van der Waals surface area contributed by atoms with Gasteiger partial charge in [0.05, 0.1) is 22.0 Å². The third-order valence-corrected chi connectivity index (χ3v) is 6.61. The molecule has 0 saturated carbocycles. The van der Waals surface area contributed by atoms with Crippen molar-refractivity contribution in [3.05, 3.63) is 71.1 Å². The van der Waals surface area contributed by atoms with E-state index in [0.717, 1.165) is 22.4 Å². The summed E-state index contributed by atoms with van der Waals surface area (Å²) in [7, 11) is 0. The summed E-state index contributed by atoms with van der Waals surface area (Å²) in [6.07, 6.45) is -3.44. The minimum Gasteiger partial charge on any atom is -0.405 e. The van der Waals surface area contributed by atoms with Gasteiger partial charge >= 0.3 is 6.36 Å². The number of benzene rings is 2. The zero-order chi connectivity index (χ0) is 24.6. The van der Waals surface area contributed by atoms with E-state index < -0.39 is 18.2 Å². The molecule has 1 saturated heterocycles. The van der Waals surface area contributed by atoms with Gasteiger partial charge in [-0.25, -0.2) is 9.97 Å². The van der Waals surface area contributed by atoms with E-state index >= 15 is 0 Å². The number of alkyl halides is 3. The molecule has 2 aromatic heterocycles. The molecular formula is C24H20F3N5O2S. The number of aromatic nitrogens is 4. The van der Waals surface area contributed by atoms with Gasteiger partial charge in [-0.1, -0.05) is 42.0 Å². The molecule has 0 spiro atoms. The number of H-pyrrole nitrogens is 1. The van der Waals surface area contributed by atoms with E-state index in [2.05, 4.69) is 24.9 Å². The Morgan fingerprint density at radius 3 is 2.83 bits per heavy atom. The van der Waals surface area contributed by atoms with Crippen LogP contribution in [0.15, 0.2) is 54.0 Å². The Hall–Kier alpha value is -3.73. The molecule has 0 aliphatic carbocycles. The van der Waals surface area contributed by atoms with Gasteiger partial charge in [-0.05, 0) is 37.5 Å². The number of carbonyl (C=O) groups excluding carboxylic acids is 1. The molecule has 1 aliphatic heterocycles. The lowest BCUT2D eigenvalue weighted by molar-refractivity contribution is -0.274. The largest absolute Gasteiger partial charge is 0.573 e. The third-order valence-electron chi connectivity index (χ3n) is 5.74. The second-order valence-corrected chi connectivity index (χ2v) is 9.00. The Labute approximate surface area is 202 Å². The maximum atomic E-state index is 13.5. The quantitative estimate of drug-likeness (QED) is 0.376. The Kier molecular flexibility index (Phi) is 6.01. The van der Waals surface area contributed by atoms with Crippen molar-refractivity contribution in [3.8, 4) is 27.6 Å². The first kappa shape index (κ1) is 23.0. The average Bonchev–Trinajstić information content (AvgIpc) is 3.58. The minimum absolute atomic E-state index is 0.0632. The van der Waals surface area contributed by atoms with Crippen molar-refractivity contribution in [3.63, 3.8) is 0 Å². The number of hydrogen-bond donors (Lipinski definition) is 1. The summed E-state index contributed by atoms with van der Waals surface area (Å²) in [6.45, 7) is 2.50. The predicted octanol–water partition coefficient (Wildman–Crippen LogP) is 5.78. The fraction of sp³-hybridized carbons (Fsp3) is 0.250. The standard InChI is InChI=1S/C24H20F3N5O2S/c1-14-6-4-7-15(12-14)20-19(28-13-35-20)23(33)32-11-5-9-17(32)22-29-21(30-31-22)16-8-2-3-10-18(16)34-24(25,26)27/h2-4,6-8,10,12-13,17H,5,9,11H2,1H3,(H,29,30,31)/t17-/m0/s1. The maximum absolute atomic E-state index is 13.5. The van der Waals surface area contributed by atoms with E-state index in [0.29, 0.717) is 24.5 Å². The first-order valence-electron chi connectivity index (χ1n) is 10.9. The van der Waals surface area contributed by atoms with Gasteiger partial charge in [-0.15, -0.1) is 24.5 Å². The number of amides is 1. The van der Waals surface area contributed by atoms with Crippen LogP contribution in [-0.2, 0) is 0 Å². The second kappa shape index (κ2) is 9.14. The molecule has 0 unspecified atom stereocenters. The third kappa shape index (κ3) is 4.76. The summed E-state index contributed by atoms with van der Waals surface area (Å²) in [5.41, 5.74) is 4.13. The van der Waals surface area contributed by atoms with E-state index in [9.17, 15) is 18.0 Å². The van der Waals surface area contributed by atoms with Gasteiger partial charge in [0.25, 0.3) is 5.91 Å². The van der Waals surface area contributed by atoms with E-state index in [1.165, 1.54) is 29.5 Å². The smallest absolute Gasteiger partial charge is 0.405 e. The number of likely N-dealkylation sites (tertiary alicyclic amines) is 1. The number of nitrogens with zero attached hydrogens (tertiary/aromatic N) is 4. The minimum atomic E-state index is -4.84. The van der Waals surface area contributed by atoms with Crippen LogP contribution >= 0.6 is 11.3 Å². The van der Waals surface area contributed by atoms with Crippen LogP contribution < -0.4 is 4.74 Å². The van der Waals surface area contributed by atoms with Crippen LogP contribution in [0, 0.1) is 6.92 Å². The van der Waals surface area contributed by atoms with E-state index in [1.54, 1.807) is 16.5 Å². The number of ether oxygens (including phenoxy) is 1. The fourth-order valence-electron chi connectivity index (χ4n) is 4.23. The summed E-state index contributed by atoms with van der Waals surface area (Å²) in [4.78, 5) is 24.8. The summed E-state index contributed by atoms with van der Waals surface area (Å²) in [5, 5.41) is 6.93. The van der Waals surface area contributed by atoms with Crippen LogP contribution in [0.1, 0.15) is 40.8 Å². The predicted molar refractivity (Wildman–Crippen MR) is 124 cm³/mol. The fourth-order valence-corrected chi connectivity index (χ4v) is 5.01. The van der Waals surface area contributed by atoms with Gasteiger partial charge < -0.3 is 9.64 Å². The molecule has 1 amide bonds. The SMILES string of the molecule is Cc1cccc(-c2scnc2C(=O)N2CCC[C@H]2c2nc(-c3ccccc3OC(F)(F)F)n[nH]2)c1. The van der Waals surface area contributed by atoms with Crippen molar-refractivity contribution in [2.75, 3.05) is 6.54 Å². The molecule has 7 nitrogen and oxygen atoms in total. The lowest BCUT2D eigenvalue weighted by Gasteiger charge is -2.22. The van der Waals surface area contributed by atoms with Gasteiger partial charge in [0.15, 0.2) is 5.82 Å². The van der Waals surface area contributed by atoms with Crippen molar-refractivity contribution in [1.29, 1.82) is 0 Å². The molecule has 3 heterocycles. The van der Waals surface area contributed by atoms with Crippen molar-refractivity contribution < 1.29 is 22.7 Å². The van der Waals surface area contributed by atoms with Gasteiger partial charge in [-0.2, -0.15) is 5.10 Å². The van der Waals surface area contributed by atoms with Gasteiger partial charge in [0.1, 0.15) is 17.3 Å². The van der Waals surface area contributed by atoms with Crippen LogP contribution in [-0.4, -0.2) is 43.9 Å². The first-order chi connectivity index (χ1) is 16.8. The normalized spacial score (nSPS) is 16.0. The first-order valence-corrected chi connectivity index (χ1v) is 11.8. The molecule has 4 aromatic rings. The van der Waals surface area contributed by atoms with Crippen molar-refractivity contribution in [1.82, 2.24) is 25.1 Å². The average molecular weight is 500 g/mol. The highest BCUT2D eigenvalue weighted by atomic mass is 32.1. The molecule has 180 valence electrons. The molecule has 1 N–H and O–H groups in total. The number of para-hydroxylation sites is 1. The Bertz CT molecular complexity index is 1370. The zero-order valence-corrected chi connectivity index (χ0v) is 19.4. The maximum Gasteiger partial charge on any atom is 0.573 e. The highest BCUT2D eigenvalue weighted by Crippen LogP contribution is 2.37. The molecule has 1 fully saturated rings. The number of aromatic amines is 1. The van der Waals surface area contributed by atoms with Gasteiger partial charge in [0.2, 0.25) is 0 Å². The lowest BCUT2D eigenvalue weighted by Crippen LogP contribution is -2.31. The number of rotatable bonds is 5.